The van der Waals surface area contributed by atoms with Crippen molar-refractivity contribution in [1.82, 2.24) is 15.1 Å². The van der Waals surface area contributed by atoms with Gasteiger partial charge in [-0.2, -0.15) is 0 Å². The largest absolute Gasteiger partial charge is 0.470 e. The summed E-state index contributed by atoms with van der Waals surface area (Å²) in [5, 5.41) is 13.8. The third kappa shape index (κ3) is 36.1. The molecule has 420 valence electrons. The van der Waals surface area contributed by atoms with E-state index in [1.54, 1.807) is 0 Å². The summed E-state index contributed by atoms with van der Waals surface area (Å²) in [4.78, 5) is 66.1. The Kier molecular flexibility index (Phi) is 42.4. The van der Waals surface area contributed by atoms with Crippen LogP contribution in [-0.2, 0) is 37.7 Å². The van der Waals surface area contributed by atoms with E-state index < -0.39 is 68.7 Å². The Bertz CT molecular complexity index is 1310. The molecule has 0 aromatic carbocycles. The minimum absolute atomic E-state index is 0.00652. The van der Waals surface area contributed by atoms with Crippen molar-refractivity contribution >= 4 is 25.7 Å². The van der Waals surface area contributed by atoms with Gasteiger partial charge in [0.2, 0.25) is 5.91 Å². The second-order valence-corrected chi connectivity index (χ2v) is 21.9. The zero-order chi connectivity index (χ0) is 52.4. The first-order chi connectivity index (χ1) is 34.3. The number of hydrogen-bond donors (Lipinski definition) is 4. The number of carbonyl (C=O) groups is 3. The molecule has 0 saturated carbocycles. The molecule has 5 atom stereocenters. The molecule has 0 aromatic heterocycles. The van der Waals surface area contributed by atoms with Gasteiger partial charge in [-0.3, -0.25) is 23.8 Å². The van der Waals surface area contributed by atoms with E-state index in [2.05, 4.69) is 44.8 Å². The Morgan fingerprint density at radius 2 is 1.00 bits per heavy atom. The Balaban J connectivity index is 3.25. The number of hydrogen-bond acceptors (Lipinski definition) is 11. The van der Waals surface area contributed by atoms with Crippen LogP contribution in [0.2, 0.25) is 0 Å². The van der Waals surface area contributed by atoms with Crippen LogP contribution in [0.15, 0.2) is 0 Å². The lowest BCUT2D eigenvalue weighted by Crippen LogP contribution is -2.62. The summed E-state index contributed by atoms with van der Waals surface area (Å²) < 4.78 is 36.2. The summed E-state index contributed by atoms with van der Waals surface area (Å²) in [5.74, 6) is -2.00. The molecule has 14 nitrogen and oxygen atoms in total. The number of aliphatic hydroxyl groups is 1. The predicted octanol–water partition coefficient (Wildman–Crippen LogP) is 12.4. The van der Waals surface area contributed by atoms with E-state index in [0.717, 1.165) is 96.7 Å². The van der Waals surface area contributed by atoms with Gasteiger partial charge in [-0.1, -0.05) is 228 Å². The van der Waals surface area contributed by atoms with Crippen LogP contribution in [-0.4, -0.2) is 125 Å². The smallest absolute Gasteiger partial charge is 0.462 e. The average molecular weight is 1030 g/mol. The fourth-order valence-electron chi connectivity index (χ4n) is 9.77. The van der Waals surface area contributed by atoms with Gasteiger partial charge in [0.05, 0.1) is 37.6 Å². The molecule has 1 aliphatic heterocycles. The fraction of sp³-hybridized carbons (Fsp3) is 0.946. The molecular weight excluding hydrogens is 922 g/mol. The normalized spacial score (nSPS) is 17.9. The highest BCUT2D eigenvalue weighted by molar-refractivity contribution is 7.46. The van der Waals surface area contributed by atoms with Gasteiger partial charge in [0.1, 0.15) is 18.8 Å². The first-order valence-electron chi connectivity index (χ1n) is 29.5. The van der Waals surface area contributed by atoms with Crippen molar-refractivity contribution in [1.29, 1.82) is 0 Å². The zero-order valence-corrected chi connectivity index (χ0v) is 47.3. The lowest BCUT2D eigenvalue weighted by atomic mass is 9.93. The van der Waals surface area contributed by atoms with Gasteiger partial charge in [0.25, 0.3) is 0 Å². The number of unbranched alkanes of at least 4 members (excludes halogenated alkanes) is 26. The van der Waals surface area contributed by atoms with Gasteiger partial charge < -0.3 is 39.3 Å². The van der Waals surface area contributed by atoms with Crippen molar-refractivity contribution in [3.8, 4) is 0 Å². The predicted molar refractivity (Wildman–Crippen MR) is 288 cm³/mol. The van der Waals surface area contributed by atoms with Crippen molar-refractivity contribution < 1.29 is 52.6 Å². The molecule has 1 aliphatic rings. The fourth-order valence-corrected chi connectivity index (χ4v) is 10.3. The number of amides is 1. The van der Waals surface area contributed by atoms with Gasteiger partial charge in [0.15, 0.2) is 6.10 Å². The SMILES string of the molecule is CCCCCCCCCCCCC(CCCCCCCCCCCC)C(=O)O[C@H]1[C@H](OP(=O)(O)O)[C@@H](COC(=O)CN(CC)CCN(CC)CC)OC[C@@H]1NC(=O)C[C@H](O)CCCCCCCCCCC. The second kappa shape index (κ2) is 44.6. The molecule has 71 heavy (non-hydrogen) atoms. The van der Waals surface area contributed by atoms with E-state index in [0.29, 0.717) is 32.4 Å². The maximum atomic E-state index is 14.5. The Labute approximate surface area is 434 Å². The number of carbonyl (C=O) groups excluding carboxylic acids is 3. The maximum absolute atomic E-state index is 14.5. The maximum Gasteiger partial charge on any atom is 0.470 e. The van der Waals surface area contributed by atoms with Gasteiger partial charge in [-0.25, -0.2) is 4.57 Å². The van der Waals surface area contributed by atoms with E-state index in [1.807, 2.05) is 11.8 Å². The minimum Gasteiger partial charge on any atom is -0.462 e. The molecular formula is C56H110N3O11P. The van der Waals surface area contributed by atoms with Crippen LogP contribution in [0.3, 0.4) is 0 Å². The molecule has 1 saturated heterocycles. The second-order valence-electron chi connectivity index (χ2n) is 20.7. The molecule has 0 bridgehead atoms. The third-order valence-corrected chi connectivity index (χ3v) is 15.0. The number of nitrogens with one attached hydrogen (secondary N) is 1. The summed E-state index contributed by atoms with van der Waals surface area (Å²) in [6.07, 6.45) is 30.0. The summed E-state index contributed by atoms with van der Waals surface area (Å²) in [7, 11) is -5.24. The van der Waals surface area contributed by atoms with Crippen LogP contribution in [0.4, 0.5) is 0 Å². The quantitative estimate of drug-likeness (QED) is 0.0257. The van der Waals surface area contributed by atoms with Crippen LogP contribution in [0.5, 0.6) is 0 Å². The highest BCUT2D eigenvalue weighted by Gasteiger charge is 2.48. The van der Waals surface area contributed by atoms with Gasteiger partial charge in [-0.15, -0.1) is 0 Å². The van der Waals surface area contributed by atoms with Crippen molar-refractivity contribution in [3.05, 3.63) is 0 Å². The number of nitrogens with zero attached hydrogens (tertiary/aromatic N) is 2. The number of phosphoric ester groups is 1. The highest BCUT2D eigenvalue weighted by Crippen LogP contribution is 2.42. The lowest BCUT2D eigenvalue weighted by Gasteiger charge is -2.42. The van der Waals surface area contributed by atoms with Crippen LogP contribution in [0, 0.1) is 5.92 Å². The van der Waals surface area contributed by atoms with E-state index in [9.17, 15) is 33.8 Å². The monoisotopic (exact) mass is 1030 g/mol. The molecule has 1 rings (SSSR count). The molecule has 1 amide bonds. The van der Waals surface area contributed by atoms with Crippen molar-refractivity contribution in [2.75, 3.05) is 52.5 Å². The number of esters is 2. The van der Waals surface area contributed by atoms with E-state index >= 15 is 0 Å². The molecule has 15 heteroatoms. The molecule has 0 radical (unpaired) electrons. The molecule has 0 aliphatic carbocycles. The average Bonchev–Trinajstić information content (AvgIpc) is 3.33. The van der Waals surface area contributed by atoms with Crippen LogP contribution in [0.1, 0.15) is 253 Å². The molecule has 4 N–H and O–H groups in total. The summed E-state index contributed by atoms with van der Waals surface area (Å²) in [5.41, 5.74) is 0. The van der Waals surface area contributed by atoms with E-state index in [-0.39, 0.29) is 19.6 Å². The highest BCUT2D eigenvalue weighted by atomic mass is 31.2. The zero-order valence-electron chi connectivity index (χ0n) is 46.4. The molecule has 1 fully saturated rings. The first kappa shape index (κ1) is 67.4. The lowest BCUT2D eigenvalue weighted by molar-refractivity contribution is -0.196. The topological polar surface area (TPSA) is 184 Å². The van der Waals surface area contributed by atoms with E-state index in [1.165, 1.54) is 109 Å². The molecule has 1 heterocycles. The number of rotatable bonds is 49. The first-order valence-corrected chi connectivity index (χ1v) is 31.0. The Hall–Kier alpha value is -1.64. The number of phosphoric acid groups is 1. The van der Waals surface area contributed by atoms with Crippen molar-refractivity contribution in [2.24, 2.45) is 5.92 Å². The van der Waals surface area contributed by atoms with Crippen molar-refractivity contribution in [3.63, 3.8) is 0 Å². The molecule has 0 unspecified atom stereocenters. The van der Waals surface area contributed by atoms with E-state index in [4.69, 9.17) is 18.7 Å². The van der Waals surface area contributed by atoms with Crippen LogP contribution in [0.25, 0.3) is 0 Å². The Morgan fingerprint density at radius 3 is 1.42 bits per heavy atom. The van der Waals surface area contributed by atoms with Crippen LogP contribution < -0.4 is 5.32 Å². The number of ether oxygens (including phenoxy) is 3. The summed E-state index contributed by atoms with van der Waals surface area (Å²) >= 11 is 0. The summed E-state index contributed by atoms with van der Waals surface area (Å²) in [6.45, 7) is 16.1. The number of aliphatic hydroxyl groups excluding tert-OH is 1. The number of likely N-dealkylation sites (N-methyl/N-ethyl adjacent to an activating group) is 2. The van der Waals surface area contributed by atoms with Gasteiger partial charge >= 0.3 is 19.8 Å². The Morgan fingerprint density at radius 1 is 0.592 bits per heavy atom. The standard InChI is InChI=1S/C56H110N3O11P/c1-7-13-16-19-22-25-28-30-33-36-39-48(40-37-34-31-29-26-23-20-17-14-8-2)56(63)69-54-50(57-52(61)44-49(60)41-38-35-32-27-24-21-18-15-9-3)46-67-51(55(54)70-71(64,65)66)47-68-53(62)45-59(12-6)43-42-58(10-4)11-5/h48-51,54-55,60H,7-47H2,1-6H3,(H,57,61)(H2,64,65,66)/t49-,50+,51-,54-,55-/m1/s1. The summed E-state index contributed by atoms with van der Waals surface area (Å²) in [6, 6.07) is -1.05. The van der Waals surface area contributed by atoms with Crippen molar-refractivity contribution in [2.45, 2.75) is 284 Å². The third-order valence-electron chi connectivity index (χ3n) is 14.5. The molecule has 0 spiro atoms. The van der Waals surface area contributed by atoms with Gasteiger partial charge in [-0.05, 0) is 38.9 Å². The van der Waals surface area contributed by atoms with Crippen LogP contribution >= 0.6 is 7.82 Å². The van der Waals surface area contributed by atoms with Gasteiger partial charge in [0, 0.05) is 13.1 Å². The minimum atomic E-state index is -5.24. The molecule has 0 aromatic rings.